The second-order valence-electron chi connectivity index (χ2n) is 18.6. The Morgan fingerprint density at radius 1 is 0.571 bits per heavy atom. The normalized spacial score (nSPS) is 15.1. The second kappa shape index (κ2) is 38.1. The van der Waals surface area contributed by atoms with Crippen LogP contribution in [0.25, 0.3) is 0 Å². The quantitative estimate of drug-likeness (QED) is 0.0380. The number of ketones is 1. The summed E-state index contributed by atoms with van der Waals surface area (Å²) in [5, 5.41) is 3.45. The number of ether oxygens (including phenoxy) is 2. The lowest BCUT2D eigenvalue weighted by atomic mass is 9.79. The molecular weight excluding hydrogens is 687 g/mol. The average Bonchev–Trinajstić information content (AvgIpc) is 3.18. The van der Waals surface area contributed by atoms with Gasteiger partial charge in [0.2, 0.25) is 0 Å². The van der Waals surface area contributed by atoms with Gasteiger partial charge >= 0.3 is 0 Å². The fourth-order valence-corrected chi connectivity index (χ4v) is 8.66. The summed E-state index contributed by atoms with van der Waals surface area (Å²) < 4.78 is 12.6. The average molecular weight is 786 g/mol. The molecule has 0 aliphatic carbocycles. The smallest absolute Gasteiger partial charge is 0.133 e. The van der Waals surface area contributed by atoms with E-state index in [2.05, 4.69) is 46.2 Å². The van der Waals surface area contributed by atoms with Gasteiger partial charge in [-0.25, -0.2) is 0 Å². The van der Waals surface area contributed by atoms with Crippen molar-refractivity contribution in [3.05, 3.63) is 24.5 Å². The number of nitrogens with one attached hydrogen (secondary N) is 1. The SMILES string of the molecule is C=C(C)CCCCCCCOC(CCCCCCCCCCCOC(=C)C1(C)CCNCC1)CCCCCCCCCC(=O)CC(CCCC)CCCCCC. The molecule has 1 heterocycles. The Morgan fingerprint density at radius 2 is 1.02 bits per heavy atom. The minimum absolute atomic E-state index is 0.164. The van der Waals surface area contributed by atoms with Gasteiger partial charge in [0.15, 0.2) is 0 Å². The van der Waals surface area contributed by atoms with Crippen molar-refractivity contribution >= 4 is 5.78 Å². The fraction of sp³-hybridized carbons (Fsp3) is 0.904. The number of carbonyl (C=O) groups is 1. The van der Waals surface area contributed by atoms with Crippen LogP contribution in [-0.2, 0) is 14.3 Å². The van der Waals surface area contributed by atoms with Gasteiger partial charge in [-0.15, -0.1) is 6.58 Å². The van der Waals surface area contributed by atoms with Crippen molar-refractivity contribution in [2.75, 3.05) is 26.3 Å². The molecule has 1 rings (SSSR count). The number of rotatable bonds is 43. The number of piperidine rings is 1. The van der Waals surface area contributed by atoms with Crippen molar-refractivity contribution in [1.82, 2.24) is 5.32 Å². The van der Waals surface area contributed by atoms with Crippen LogP contribution in [0.3, 0.4) is 0 Å². The first kappa shape index (κ1) is 52.9. The Bertz CT molecular complexity index is 908. The van der Waals surface area contributed by atoms with Crippen molar-refractivity contribution in [1.29, 1.82) is 0 Å². The first-order chi connectivity index (χ1) is 27.3. The summed E-state index contributed by atoms with van der Waals surface area (Å²) >= 11 is 0. The highest BCUT2D eigenvalue weighted by Gasteiger charge is 2.31. The van der Waals surface area contributed by atoms with Crippen molar-refractivity contribution in [2.45, 2.75) is 265 Å². The molecular formula is C52H99NO3. The van der Waals surface area contributed by atoms with E-state index in [1.54, 1.807) is 0 Å². The Kier molecular flexibility index (Phi) is 36.0. The Balaban J connectivity index is 2.17. The number of unbranched alkanes of at least 4 members (excludes halogenated alkanes) is 22. The Labute approximate surface area is 351 Å². The van der Waals surface area contributed by atoms with Gasteiger partial charge in [-0.3, -0.25) is 4.79 Å². The van der Waals surface area contributed by atoms with E-state index >= 15 is 0 Å². The van der Waals surface area contributed by atoms with Gasteiger partial charge in [0.25, 0.3) is 0 Å². The first-order valence-electron chi connectivity index (χ1n) is 25.1. The molecule has 0 radical (unpaired) electrons. The van der Waals surface area contributed by atoms with E-state index in [4.69, 9.17) is 9.47 Å². The van der Waals surface area contributed by atoms with E-state index < -0.39 is 0 Å². The maximum Gasteiger partial charge on any atom is 0.133 e. The van der Waals surface area contributed by atoms with Gasteiger partial charge in [-0.05, 0) is 83.7 Å². The molecule has 0 saturated carbocycles. The van der Waals surface area contributed by atoms with Gasteiger partial charge in [0.05, 0.1) is 18.5 Å². The number of allylic oxidation sites excluding steroid dienone is 2. The summed E-state index contributed by atoms with van der Waals surface area (Å²) in [4.78, 5) is 12.8. The largest absolute Gasteiger partial charge is 0.498 e. The monoisotopic (exact) mass is 786 g/mol. The molecule has 0 aromatic heterocycles. The molecule has 0 bridgehead atoms. The third-order valence-electron chi connectivity index (χ3n) is 12.9. The van der Waals surface area contributed by atoms with E-state index in [1.165, 1.54) is 198 Å². The lowest BCUT2D eigenvalue weighted by molar-refractivity contribution is -0.120. The molecule has 0 spiro atoms. The zero-order valence-corrected chi connectivity index (χ0v) is 38.6. The summed E-state index contributed by atoms with van der Waals surface area (Å²) in [7, 11) is 0. The third kappa shape index (κ3) is 31.8. The summed E-state index contributed by atoms with van der Waals surface area (Å²) in [6.07, 6.45) is 45.7. The van der Waals surface area contributed by atoms with Crippen LogP contribution in [0.5, 0.6) is 0 Å². The summed E-state index contributed by atoms with van der Waals surface area (Å²) in [6.45, 7) is 21.3. The van der Waals surface area contributed by atoms with Gasteiger partial charge in [-0.2, -0.15) is 0 Å². The number of Topliss-reactive ketones (excluding diaryl/α,β-unsaturated/α-hetero) is 1. The molecule has 1 aliphatic rings. The number of carbonyl (C=O) groups excluding carboxylic acids is 1. The highest BCUT2D eigenvalue weighted by molar-refractivity contribution is 5.78. The van der Waals surface area contributed by atoms with Crippen molar-refractivity contribution in [2.24, 2.45) is 11.3 Å². The van der Waals surface area contributed by atoms with Crippen LogP contribution in [0, 0.1) is 11.3 Å². The first-order valence-corrected chi connectivity index (χ1v) is 25.1. The molecule has 0 aromatic rings. The molecule has 4 nitrogen and oxygen atoms in total. The number of hydrogen-bond acceptors (Lipinski definition) is 4. The van der Waals surface area contributed by atoms with Crippen LogP contribution in [0.1, 0.15) is 259 Å². The van der Waals surface area contributed by atoms with E-state index in [0.29, 0.717) is 17.8 Å². The topological polar surface area (TPSA) is 47.6 Å². The Hall–Kier alpha value is -1.13. The Morgan fingerprint density at radius 3 is 1.57 bits per heavy atom. The molecule has 0 amide bonds. The van der Waals surface area contributed by atoms with Gasteiger partial charge in [0, 0.05) is 24.9 Å². The standard InChI is InChI=1S/C52H99NO3/c1-7-9-11-28-36-49(35-10-8-2)46-50(54)37-29-22-16-15-18-24-31-39-51(56-45-33-26-20-21-27-34-47(3)4)38-30-23-17-13-12-14-19-25-32-44-55-48(5)52(6)40-42-53-43-41-52/h49,51,53H,3,5,7-46H2,1-2,4,6H3. The molecule has 330 valence electrons. The van der Waals surface area contributed by atoms with Gasteiger partial charge in [-0.1, -0.05) is 193 Å². The minimum atomic E-state index is 0.164. The van der Waals surface area contributed by atoms with Crippen LogP contribution >= 0.6 is 0 Å². The van der Waals surface area contributed by atoms with Gasteiger partial charge < -0.3 is 14.8 Å². The van der Waals surface area contributed by atoms with Crippen molar-refractivity contribution < 1.29 is 14.3 Å². The molecule has 0 aromatic carbocycles. The minimum Gasteiger partial charge on any atom is -0.498 e. The van der Waals surface area contributed by atoms with Crippen molar-refractivity contribution in [3.8, 4) is 0 Å². The highest BCUT2D eigenvalue weighted by atomic mass is 16.5. The zero-order chi connectivity index (χ0) is 40.8. The molecule has 56 heavy (non-hydrogen) atoms. The van der Waals surface area contributed by atoms with Crippen LogP contribution in [-0.4, -0.2) is 38.2 Å². The van der Waals surface area contributed by atoms with E-state index in [1.807, 2.05) is 0 Å². The second-order valence-corrected chi connectivity index (χ2v) is 18.6. The summed E-state index contributed by atoms with van der Waals surface area (Å²) in [5.74, 6) is 2.19. The van der Waals surface area contributed by atoms with Crippen LogP contribution in [0.15, 0.2) is 24.5 Å². The highest BCUT2D eigenvalue weighted by Crippen LogP contribution is 2.36. The van der Waals surface area contributed by atoms with Gasteiger partial charge in [0.1, 0.15) is 5.78 Å². The zero-order valence-electron chi connectivity index (χ0n) is 38.6. The lowest BCUT2D eigenvalue weighted by Gasteiger charge is -2.35. The maximum absolute atomic E-state index is 12.8. The molecule has 2 atom stereocenters. The van der Waals surface area contributed by atoms with Crippen LogP contribution in [0.2, 0.25) is 0 Å². The van der Waals surface area contributed by atoms with E-state index in [-0.39, 0.29) is 5.41 Å². The van der Waals surface area contributed by atoms with Crippen molar-refractivity contribution in [3.63, 3.8) is 0 Å². The lowest BCUT2D eigenvalue weighted by Crippen LogP contribution is -2.36. The fourth-order valence-electron chi connectivity index (χ4n) is 8.66. The van der Waals surface area contributed by atoms with Crippen LogP contribution in [0.4, 0.5) is 0 Å². The predicted octanol–water partition coefficient (Wildman–Crippen LogP) is 16.4. The third-order valence-corrected chi connectivity index (χ3v) is 12.9. The summed E-state index contributed by atoms with van der Waals surface area (Å²) in [5.41, 5.74) is 1.48. The predicted molar refractivity (Wildman–Crippen MR) is 247 cm³/mol. The molecule has 1 fully saturated rings. The molecule has 1 N–H and O–H groups in total. The molecule has 1 aliphatic heterocycles. The maximum atomic E-state index is 12.8. The van der Waals surface area contributed by atoms with E-state index in [9.17, 15) is 4.79 Å². The molecule has 1 saturated heterocycles. The molecule has 2 unspecified atom stereocenters. The van der Waals surface area contributed by atoms with Crippen LogP contribution < -0.4 is 5.32 Å². The summed E-state index contributed by atoms with van der Waals surface area (Å²) in [6, 6.07) is 0. The number of hydrogen-bond donors (Lipinski definition) is 1. The van der Waals surface area contributed by atoms with E-state index in [0.717, 1.165) is 70.6 Å². The molecule has 4 heteroatoms.